The number of anilines is 1. The number of sulfonamides is 1. The minimum atomic E-state index is -4.09. The molecule has 5 rings (SSSR count). The van der Waals surface area contributed by atoms with Crippen molar-refractivity contribution in [2.45, 2.75) is 50.5 Å². The van der Waals surface area contributed by atoms with Crippen molar-refractivity contribution in [1.29, 1.82) is 0 Å². The Hall–Kier alpha value is -4.02. The van der Waals surface area contributed by atoms with E-state index in [2.05, 4.69) is 51.8 Å². The first-order valence-corrected chi connectivity index (χ1v) is 18.7. The fourth-order valence-corrected chi connectivity index (χ4v) is 7.43. The van der Waals surface area contributed by atoms with E-state index >= 15 is 0 Å². The van der Waals surface area contributed by atoms with Crippen molar-refractivity contribution in [2.75, 3.05) is 11.3 Å². The molecule has 1 aliphatic rings. The Balaban J connectivity index is 1.63. The highest BCUT2D eigenvalue weighted by atomic mass is 32.2. The number of hydrogen-bond donors (Lipinski definition) is 2. The molecule has 0 fully saturated rings. The molecule has 4 bridgehead atoms. The molecule has 2 N–H and O–H groups in total. The lowest BCUT2D eigenvalue weighted by Crippen LogP contribution is -2.31. The third-order valence-corrected chi connectivity index (χ3v) is 9.66. The predicted octanol–water partition coefficient (Wildman–Crippen LogP) is 5.84. The first kappa shape index (κ1) is 28.5. The molecule has 0 radical (unpaired) electrons. The van der Waals surface area contributed by atoms with E-state index in [9.17, 15) is 13.2 Å². The third kappa shape index (κ3) is 6.66. The van der Waals surface area contributed by atoms with E-state index in [1.165, 1.54) is 23.8 Å². The number of aryl methyl sites for hydroxylation is 2. The van der Waals surface area contributed by atoms with Gasteiger partial charge in [-0.25, -0.2) is 18.1 Å². The highest BCUT2D eigenvalue weighted by Crippen LogP contribution is 2.31. The zero-order valence-corrected chi connectivity index (χ0v) is 25.7. The van der Waals surface area contributed by atoms with Gasteiger partial charge >= 0.3 is 0 Å². The van der Waals surface area contributed by atoms with E-state index in [4.69, 9.17) is 4.74 Å². The second-order valence-electron chi connectivity index (χ2n) is 11.6. The van der Waals surface area contributed by atoms with Crippen LogP contribution in [0.4, 0.5) is 5.95 Å². The number of amides is 1. The summed E-state index contributed by atoms with van der Waals surface area (Å²) >= 11 is 0. The number of nitrogens with zero attached hydrogens (tertiary/aromatic N) is 2. The molecule has 3 aromatic carbocycles. The van der Waals surface area contributed by atoms with Gasteiger partial charge in [-0.3, -0.25) is 4.79 Å². The van der Waals surface area contributed by atoms with Crippen LogP contribution in [0.25, 0.3) is 11.3 Å². The SMILES string of the molecule is Cc1cccc(C)c1-c1cc2nc(n1)NS(=O)(=O)c1cccc(c1)C(=O)NCC(c1ccc(C[Si](C)(C)C)cc1)O2. The Bertz CT molecular complexity index is 1700. The molecule has 10 heteroatoms. The summed E-state index contributed by atoms with van der Waals surface area (Å²) in [5.74, 6) is -0.334. The number of fused-ring (bicyclic) bond motifs is 4. The van der Waals surface area contributed by atoms with Crippen molar-refractivity contribution in [3.63, 3.8) is 0 Å². The van der Waals surface area contributed by atoms with Crippen molar-refractivity contribution in [2.24, 2.45) is 0 Å². The highest BCUT2D eigenvalue weighted by Gasteiger charge is 2.24. The number of ether oxygens (including phenoxy) is 1. The van der Waals surface area contributed by atoms with Crippen LogP contribution >= 0.6 is 0 Å². The van der Waals surface area contributed by atoms with E-state index in [1.54, 1.807) is 12.1 Å². The van der Waals surface area contributed by atoms with Gasteiger partial charge in [0.1, 0.15) is 6.10 Å². The average molecular weight is 587 g/mol. The van der Waals surface area contributed by atoms with Gasteiger partial charge in [-0.1, -0.05) is 73.7 Å². The number of carbonyl (C=O) groups is 1. The summed E-state index contributed by atoms with van der Waals surface area (Å²) in [7, 11) is -5.39. The monoisotopic (exact) mass is 586 g/mol. The molecule has 1 aromatic heterocycles. The first-order chi connectivity index (χ1) is 19.4. The molecule has 0 saturated carbocycles. The van der Waals surface area contributed by atoms with Crippen LogP contribution in [0.2, 0.25) is 19.6 Å². The number of aromatic nitrogens is 2. The maximum atomic E-state index is 13.3. The standard InChI is InChI=1S/C31H34N4O4SSi/c1-20-8-6-9-21(2)29(20)26-17-28-34-31(33-26)35-40(37,38)25-11-7-10-24(16-25)30(36)32-18-27(39-28)23-14-12-22(13-15-23)19-41(3,4)5/h6-17,27H,18-19H2,1-5H3,(H,32,36)(H,33,34,35). The number of hydrogen-bond acceptors (Lipinski definition) is 6. The second kappa shape index (κ2) is 11.1. The molecule has 1 atom stereocenters. The minimum Gasteiger partial charge on any atom is -0.467 e. The summed E-state index contributed by atoms with van der Waals surface area (Å²) in [6.07, 6.45) is -0.589. The summed E-state index contributed by atoms with van der Waals surface area (Å²) in [4.78, 5) is 22.0. The molecule has 0 spiro atoms. The molecule has 1 aliphatic heterocycles. The predicted molar refractivity (Wildman–Crippen MR) is 163 cm³/mol. The fourth-order valence-electron chi connectivity index (χ4n) is 4.98. The van der Waals surface area contributed by atoms with Crippen molar-refractivity contribution < 1.29 is 17.9 Å². The Morgan fingerprint density at radius 2 is 1.61 bits per heavy atom. The van der Waals surface area contributed by atoms with Crippen LogP contribution in [-0.4, -0.2) is 38.9 Å². The smallest absolute Gasteiger partial charge is 0.264 e. The van der Waals surface area contributed by atoms with Crippen molar-refractivity contribution >= 4 is 30.0 Å². The number of nitrogens with one attached hydrogen (secondary N) is 2. The molecular weight excluding hydrogens is 553 g/mol. The lowest BCUT2D eigenvalue weighted by molar-refractivity contribution is 0.0925. The van der Waals surface area contributed by atoms with Gasteiger partial charge in [0.05, 0.1) is 17.1 Å². The maximum Gasteiger partial charge on any atom is 0.264 e. The Morgan fingerprint density at radius 3 is 2.29 bits per heavy atom. The van der Waals surface area contributed by atoms with Crippen molar-refractivity contribution in [3.8, 4) is 17.1 Å². The van der Waals surface area contributed by atoms with Gasteiger partial charge in [0, 0.05) is 25.3 Å². The molecule has 0 aliphatic carbocycles. The third-order valence-electron chi connectivity index (χ3n) is 6.87. The lowest BCUT2D eigenvalue weighted by atomic mass is 10.00. The molecule has 8 nitrogen and oxygen atoms in total. The van der Waals surface area contributed by atoms with E-state index in [-0.39, 0.29) is 28.8 Å². The first-order valence-electron chi connectivity index (χ1n) is 13.5. The quantitative estimate of drug-likeness (QED) is 0.291. The molecule has 1 unspecified atom stereocenters. The number of benzene rings is 3. The van der Waals surface area contributed by atoms with Crippen LogP contribution in [0, 0.1) is 13.8 Å². The van der Waals surface area contributed by atoms with Gasteiger partial charge in [-0.15, -0.1) is 0 Å². The molecule has 1 amide bonds. The van der Waals surface area contributed by atoms with E-state index in [0.29, 0.717) is 5.69 Å². The van der Waals surface area contributed by atoms with Gasteiger partial charge in [0.25, 0.3) is 15.9 Å². The second-order valence-corrected chi connectivity index (χ2v) is 18.8. The molecular formula is C31H34N4O4SSi. The average Bonchev–Trinajstić information content (AvgIpc) is 2.90. The van der Waals surface area contributed by atoms with Gasteiger partial charge in [-0.05, 0) is 54.8 Å². The zero-order valence-electron chi connectivity index (χ0n) is 23.9. The zero-order chi connectivity index (χ0) is 29.4. The molecule has 212 valence electrons. The molecule has 4 aromatic rings. The van der Waals surface area contributed by atoms with Crippen LogP contribution < -0.4 is 14.8 Å². The van der Waals surface area contributed by atoms with Crippen molar-refractivity contribution in [3.05, 3.63) is 101 Å². The maximum absolute atomic E-state index is 13.3. The minimum absolute atomic E-state index is 0.0672. The molecule has 0 saturated heterocycles. The van der Waals surface area contributed by atoms with Crippen molar-refractivity contribution in [1.82, 2.24) is 15.3 Å². The van der Waals surface area contributed by atoms with Crippen LogP contribution in [0.15, 0.2) is 77.7 Å². The summed E-state index contributed by atoms with van der Waals surface area (Å²) < 4.78 is 35.6. The van der Waals surface area contributed by atoms with Gasteiger partial charge < -0.3 is 10.1 Å². The van der Waals surface area contributed by atoms with Crippen LogP contribution in [0.3, 0.4) is 0 Å². The summed E-state index contributed by atoms with van der Waals surface area (Å²) in [6.45, 7) is 11.1. The summed E-state index contributed by atoms with van der Waals surface area (Å²) in [6, 6.07) is 22.8. The van der Waals surface area contributed by atoms with Crippen LogP contribution in [0.5, 0.6) is 5.88 Å². The Morgan fingerprint density at radius 1 is 0.927 bits per heavy atom. The topological polar surface area (TPSA) is 110 Å². The Kier molecular flexibility index (Phi) is 7.72. The van der Waals surface area contributed by atoms with Gasteiger partial charge in [0.2, 0.25) is 11.8 Å². The van der Waals surface area contributed by atoms with Crippen LogP contribution in [0.1, 0.15) is 38.7 Å². The van der Waals surface area contributed by atoms with E-state index in [0.717, 1.165) is 28.3 Å². The largest absolute Gasteiger partial charge is 0.467 e. The van der Waals surface area contributed by atoms with Gasteiger partial charge in [-0.2, -0.15) is 4.98 Å². The van der Waals surface area contributed by atoms with Gasteiger partial charge in [0.15, 0.2) is 0 Å². The highest BCUT2D eigenvalue weighted by molar-refractivity contribution is 7.92. The normalized spacial score (nSPS) is 16.7. The summed E-state index contributed by atoms with van der Waals surface area (Å²) in [5, 5.41) is 2.92. The molecule has 2 heterocycles. The van der Waals surface area contributed by atoms with E-state index < -0.39 is 30.1 Å². The number of rotatable bonds is 4. The fraction of sp³-hybridized carbons (Fsp3) is 0.258. The molecule has 41 heavy (non-hydrogen) atoms. The lowest BCUT2D eigenvalue weighted by Gasteiger charge is -2.21. The van der Waals surface area contributed by atoms with E-state index in [1.807, 2.05) is 44.2 Å². The summed E-state index contributed by atoms with van der Waals surface area (Å²) in [5.41, 5.74) is 5.70. The van der Waals surface area contributed by atoms with Crippen LogP contribution in [-0.2, 0) is 16.1 Å². The number of carbonyl (C=O) groups excluding carboxylic acids is 1. The Labute approximate surface area is 242 Å².